The first-order valence-electron chi connectivity index (χ1n) is 9.47. The van der Waals surface area contributed by atoms with E-state index < -0.39 is 0 Å². The quantitative estimate of drug-likeness (QED) is 0.692. The number of likely N-dealkylation sites (tertiary alicyclic amines) is 1. The minimum absolute atomic E-state index is 0.00234. The Kier molecular flexibility index (Phi) is 8.64. The predicted molar refractivity (Wildman–Crippen MR) is 95.3 cm³/mol. The van der Waals surface area contributed by atoms with E-state index in [2.05, 4.69) is 10.2 Å². The molecule has 2 rings (SSSR count). The monoisotopic (exact) mass is 355 g/mol. The average molecular weight is 355 g/mol. The number of carbonyl (C=O) groups excluding carboxylic acids is 2. The van der Waals surface area contributed by atoms with Crippen molar-refractivity contribution in [2.75, 3.05) is 53.6 Å². The van der Waals surface area contributed by atoms with Gasteiger partial charge in [-0.3, -0.25) is 9.59 Å². The molecule has 2 amide bonds. The first kappa shape index (κ1) is 20.1. The third kappa shape index (κ3) is 7.30. The van der Waals surface area contributed by atoms with Crippen molar-refractivity contribution in [2.45, 2.75) is 50.7 Å². The topological polar surface area (TPSA) is 71.1 Å². The molecule has 0 spiro atoms. The van der Waals surface area contributed by atoms with E-state index in [-0.39, 0.29) is 24.0 Å². The maximum absolute atomic E-state index is 12.3. The summed E-state index contributed by atoms with van der Waals surface area (Å²) in [6.45, 7) is 3.93. The Hall–Kier alpha value is -1.18. The van der Waals surface area contributed by atoms with Crippen LogP contribution in [0, 0.1) is 0 Å². The summed E-state index contributed by atoms with van der Waals surface area (Å²) >= 11 is 0. The predicted octanol–water partition coefficient (Wildman–Crippen LogP) is 0.631. The summed E-state index contributed by atoms with van der Waals surface area (Å²) in [5, 5.41) is 3.04. The molecule has 2 aliphatic rings. The van der Waals surface area contributed by atoms with Crippen molar-refractivity contribution in [1.82, 2.24) is 15.1 Å². The summed E-state index contributed by atoms with van der Waals surface area (Å²) in [4.78, 5) is 28.2. The molecular formula is C18H33N3O4. The fourth-order valence-electron chi connectivity index (χ4n) is 3.23. The zero-order valence-corrected chi connectivity index (χ0v) is 15.7. The Bertz CT molecular complexity index is 431. The summed E-state index contributed by atoms with van der Waals surface area (Å²) in [6, 6.07) is -0.108. The van der Waals surface area contributed by atoms with E-state index in [4.69, 9.17) is 9.47 Å². The smallest absolute Gasteiger partial charge is 0.222 e. The van der Waals surface area contributed by atoms with Gasteiger partial charge in [0.15, 0.2) is 0 Å². The van der Waals surface area contributed by atoms with Crippen LogP contribution in [0.2, 0.25) is 0 Å². The third-order valence-electron chi connectivity index (χ3n) is 4.79. The lowest BCUT2D eigenvalue weighted by Gasteiger charge is -2.32. The highest BCUT2D eigenvalue weighted by atomic mass is 16.5. The van der Waals surface area contributed by atoms with Crippen LogP contribution >= 0.6 is 0 Å². The van der Waals surface area contributed by atoms with Crippen LogP contribution in [0.25, 0.3) is 0 Å². The number of likely N-dealkylation sites (N-methyl/N-ethyl adjacent to an activating group) is 1. The first-order chi connectivity index (χ1) is 12.1. The van der Waals surface area contributed by atoms with Crippen LogP contribution in [0.3, 0.4) is 0 Å². The zero-order valence-electron chi connectivity index (χ0n) is 15.7. The molecule has 2 aliphatic heterocycles. The Morgan fingerprint density at radius 3 is 3.00 bits per heavy atom. The number of nitrogens with one attached hydrogen (secondary N) is 1. The molecule has 2 atom stereocenters. The van der Waals surface area contributed by atoms with Crippen LogP contribution in [0.4, 0.5) is 0 Å². The normalized spacial score (nSPS) is 25.1. The fraction of sp³-hybridized carbons (Fsp3) is 0.889. The summed E-state index contributed by atoms with van der Waals surface area (Å²) in [5.41, 5.74) is 0. The van der Waals surface area contributed by atoms with Gasteiger partial charge in [0.05, 0.1) is 25.4 Å². The second-order valence-electron chi connectivity index (χ2n) is 7.19. The maximum atomic E-state index is 12.3. The van der Waals surface area contributed by atoms with E-state index >= 15 is 0 Å². The molecule has 144 valence electrons. The molecule has 0 radical (unpaired) electrons. The highest BCUT2D eigenvalue weighted by Gasteiger charge is 2.28. The van der Waals surface area contributed by atoms with Crippen LogP contribution in [-0.2, 0) is 19.1 Å². The highest BCUT2D eigenvalue weighted by molar-refractivity contribution is 5.79. The maximum Gasteiger partial charge on any atom is 0.222 e. The number of carbonyl (C=O) groups is 2. The van der Waals surface area contributed by atoms with Gasteiger partial charge in [-0.1, -0.05) is 6.42 Å². The second kappa shape index (κ2) is 10.7. The van der Waals surface area contributed by atoms with E-state index in [1.54, 1.807) is 0 Å². The molecule has 0 saturated carbocycles. The van der Waals surface area contributed by atoms with Crippen molar-refractivity contribution in [3.8, 4) is 0 Å². The largest absolute Gasteiger partial charge is 0.379 e. The molecule has 0 aromatic heterocycles. The van der Waals surface area contributed by atoms with Gasteiger partial charge in [-0.25, -0.2) is 0 Å². The molecule has 0 aromatic rings. The van der Waals surface area contributed by atoms with Crippen molar-refractivity contribution >= 4 is 11.8 Å². The summed E-state index contributed by atoms with van der Waals surface area (Å²) in [6.07, 6.45) is 4.84. The Balaban J connectivity index is 1.73. The second-order valence-corrected chi connectivity index (χ2v) is 7.19. The van der Waals surface area contributed by atoms with E-state index in [9.17, 15) is 9.59 Å². The van der Waals surface area contributed by atoms with Crippen molar-refractivity contribution in [3.05, 3.63) is 0 Å². The SMILES string of the molecule is CN(C)CCOC1CCOCC1NC(=O)CCN1CCCCCC1=O. The van der Waals surface area contributed by atoms with Crippen LogP contribution in [0.1, 0.15) is 38.5 Å². The Morgan fingerprint density at radius 2 is 2.20 bits per heavy atom. The van der Waals surface area contributed by atoms with Gasteiger partial charge < -0.3 is 24.6 Å². The van der Waals surface area contributed by atoms with Gasteiger partial charge in [0.2, 0.25) is 11.8 Å². The fourth-order valence-corrected chi connectivity index (χ4v) is 3.23. The zero-order chi connectivity index (χ0) is 18.1. The lowest BCUT2D eigenvalue weighted by molar-refractivity contribution is -0.132. The van der Waals surface area contributed by atoms with E-state index in [1.165, 1.54) is 0 Å². The van der Waals surface area contributed by atoms with Crippen molar-refractivity contribution in [1.29, 1.82) is 0 Å². The molecule has 2 fully saturated rings. The molecule has 0 bridgehead atoms. The Morgan fingerprint density at radius 1 is 1.36 bits per heavy atom. The number of nitrogens with zero attached hydrogens (tertiary/aromatic N) is 2. The lowest BCUT2D eigenvalue weighted by atomic mass is 10.1. The van der Waals surface area contributed by atoms with Crippen molar-refractivity contribution in [2.24, 2.45) is 0 Å². The van der Waals surface area contributed by atoms with Gasteiger partial charge in [0.1, 0.15) is 0 Å². The molecule has 2 heterocycles. The van der Waals surface area contributed by atoms with E-state index in [1.807, 2.05) is 19.0 Å². The van der Waals surface area contributed by atoms with E-state index in [0.717, 1.165) is 38.8 Å². The molecule has 7 heteroatoms. The molecule has 0 aliphatic carbocycles. The van der Waals surface area contributed by atoms with Crippen molar-refractivity contribution < 1.29 is 19.1 Å². The highest BCUT2D eigenvalue weighted by Crippen LogP contribution is 2.13. The molecule has 0 aromatic carbocycles. The van der Waals surface area contributed by atoms with E-state index in [0.29, 0.717) is 39.2 Å². The molecule has 2 saturated heterocycles. The van der Waals surface area contributed by atoms with Gasteiger partial charge in [0.25, 0.3) is 0 Å². The van der Waals surface area contributed by atoms with Crippen LogP contribution < -0.4 is 5.32 Å². The third-order valence-corrected chi connectivity index (χ3v) is 4.79. The standard InChI is InChI=1S/C18H33N3O4/c1-20(2)11-13-25-16-8-12-24-14-15(16)19-17(22)7-10-21-9-5-3-4-6-18(21)23/h15-16H,3-14H2,1-2H3,(H,19,22). The number of hydrogen-bond acceptors (Lipinski definition) is 5. The van der Waals surface area contributed by atoms with Crippen LogP contribution in [-0.4, -0.2) is 87.3 Å². The minimum Gasteiger partial charge on any atom is -0.379 e. The molecule has 25 heavy (non-hydrogen) atoms. The number of amides is 2. The first-order valence-corrected chi connectivity index (χ1v) is 9.47. The molecule has 2 unspecified atom stereocenters. The molecule has 1 N–H and O–H groups in total. The average Bonchev–Trinajstić information content (AvgIpc) is 2.78. The van der Waals surface area contributed by atoms with Gasteiger partial charge in [-0.05, 0) is 33.4 Å². The molecule has 7 nitrogen and oxygen atoms in total. The van der Waals surface area contributed by atoms with Gasteiger partial charge >= 0.3 is 0 Å². The van der Waals surface area contributed by atoms with Gasteiger partial charge in [-0.2, -0.15) is 0 Å². The van der Waals surface area contributed by atoms with Gasteiger partial charge in [0, 0.05) is 39.1 Å². The van der Waals surface area contributed by atoms with Crippen LogP contribution in [0.15, 0.2) is 0 Å². The molecular weight excluding hydrogens is 322 g/mol. The number of ether oxygens (including phenoxy) is 2. The summed E-state index contributed by atoms with van der Waals surface area (Å²) in [7, 11) is 4.02. The minimum atomic E-state index is -0.108. The van der Waals surface area contributed by atoms with Crippen molar-refractivity contribution in [3.63, 3.8) is 0 Å². The number of hydrogen-bond donors (Lipinski definition) is 1. The Labute approximate surface area is 151 Å². The summed E-state index contributed by atoms with van der Waals surface area (Å²) in [5.74, 6) is 0.143. The lowest BCUT2D eigenvalue weighted by Crippen LogP contribution is -2.51. The van der Waals surface area contributed by atoms with Crippen LogP contribution in [0.5, 0.6) is 0 Å². The number of rotatable bonds is 8. The van der Waals surface area contributed by atoms with Gasteiger partial charge in [-0.15, -0.1) is 0 Å². The summed E-state index contributed by atoms with van der Waals surface area (Å²) < 4.78 is 11.4.